The maximum Gasteiger partial charge on any atom is 0.241 e. The number of guanidine groups is 1. The van der Waals surface area contributed by atoms with Crippen LogP contribution in [-0.4, -0.2) is 62.1 Å². The Bertz CT molecular complexity index is 359. The third kappa shape index (κ3) is 8.21. The minimum absolute atomic E-state index is 0.0221. The number of rotatable bonds is 9. The molecular formula is C17H35N5O. The summed E-state index contributed by atoms with van der Waals surface area (Å²) >= 11 is 0. The number of hydrogen-bond acceptors (Lipinski definition) is 3. The molecule has 1 saturated heterocycles. The monoisotopic (exact) mass is 325 g/mol. The highest BCUT2D eigenvalue weighted by Gasteiger charge is 2.19. The van der Waals surface area contributed by atoms with Gasteiger partial charge in [0.2, 0.25) is 5.91 Å². The minimum atomic E-state index is -0.0221. The molecule has 3 N–H and O–H groups in total. The molecule has 0 aromatic heterocycles. The van der Waals surface area contributed by atoms with Gasteiger partial charge in [-0.1, -0.05) is 20.3 Å². The molecule has 0 aromatic rings. The Morgan fingerprint density at radius 1 is 1.13 bits per heavy atom. The topological polar surface area (TPSA) is 68.8 Å². The first-order valence-corrected chi connectivity index (χ1v) is 9.24. The van der Waals surface area contributed by atoms with E-state index in [1.807, 2.05) is 13.8 Å². The maximum absolute atomic E-state index is 11.6. The minimum Gasteiger partial charge on any atom is -0.357 e. The SMILES string of the molecule is CCCNC(=O)CN=C(NCC)NCCN1CCCCC1CC. The molecule has 1 heterocycles. The smallest absolute Gasteiger partial charge is 0.241 e. The molecule has 0 bridgehead atoms. The van der Waals surface area contributed by atoms with Gasteiger partial charge >= 0.3 is 0 Å². The number of amides is 1. The molecule has 0 saturated carbocycles. The van der Waals surface area contributed by atoms with Gasteiger partial charge in [0, 0.05) is 32.2 Å². The number of likely N-dealkylation sites (tertiary alicyclic amines) is 1. The summed E-state index contributed by atoms with van der Waals surface area (Å²) in [5.74, 6) is 0.704. The van der Waals surface area contributed by atoms with Gasteiger partial charge in [-0.25, -0.2) is 4.99 Å². The Morgan fingerprint density at radius 2 is 1.96 bits per heavy atom. The van der Waals surface area contributed by atoms with Gasteiger partial charge in [0.1, 0.15) is 6.54 Å². The van der Waals surface area contributed by atoms with Gasteiger partial charge in [0.05, 0.1) is 0 Å². The molecule has 1 unspecified atom stereocenters. The highest BCUT2D eigenvalue weighted by Crippen LogP contribution is 2.18. The van der Waals surface area contributed by atoms with E-state index in [0.717, 1.165) is 38.1 Å². The van der Waals surface area contributed by atoms with Crippen LogP contribution in [0.5, 0.6) is 0 Å². The molecule has 1 amide bonds. The van der Waals surface area contributed by atoms with E-state index in [9.17, 15) is 4.79 Å². The summed E-state index contributed by atoms with van der Waals surface area (Å²) < 4.78 is 0. The van der Waals surface area contributed by atoms with Crippen molar-refractivity contribution in [1.82, 2.24) is 20.9 Å². The fraction of sp³-hybridized carbons (Fsp3) is 0.882. The zero-order valence-corrected chi connectivity index (χ0v) is 15.2. The van der Waals surface area contributed by atoms with Crippen LogP contribution in [0.25, 0.3) is 0 Å². The third-order valence-electron chi connectivity index (χ3n) is 4.21. The van der Waals surface area contributed by atoms with Crippen LogP contribution in [0.2, 0.25) is 0 Å². The number of nitrogens with one attached hydrogen (secondary N) is 3. The quantitative estimate of drug-likeness (QED) is 0.442. The Labute approximate surface area is 141 Å². The Kier molecular flexibility index (Phi) is 10.4. The summed E-state index contributed by atoms with van der Waals surface area (Å²) in [6, 6.07) is 0.727. The molecular weight excluding hydrogens is 290 g/mol. The molecule has 134 valence electrons. The lowest BCUT2D eigenvalue weighted by molar-refractivity contribution is -0.119. The molecule has 0 aromatic carbocycles. The van der Waals surface area contributed by atoms with Crippen molar-refractivity contribution in [2.24, 2.45) is 4.99 Å². The first-order valence-electron chi connectivity index (χ1n) is 9.24. The zero-order valence-electron chi connectivity index (χ0n) is 15.2. The van der Waals surface area contributed by atoms with Crippen molar-refractivity contribution >= 4 is 11.9 Å². The van der Waals surface area contributed by atoms with Crippen LogP contribution in [0.3, 0.4) is 0 Å². The van der Waals surface area contributed by atoms with E-state index in [4.69, 9.17) is 0 Å². The van der Waals surface area contributed by atoms with Crippen LogP contribution in [-0.2, 0) is 4.79 Å². The van der Waals surface area contributed by atoms with Crippen LogP contribution in [0.15, 0.2) is 4.99 Å². The normalized spacial score (nSPS) is 19.4. The molecule has 6 heteroatoms. The average molecular weight is 326 g/mol. The second-order valence-electron chi connectivity index (χ2n) is 6.07. The lowest BCUT2D eigenvalue weighted by Crippen LogP contribution is -2.46. The Morgan fingerprint density at radius 3 is 2.65 bits per heavy atom. The first kappa shape index (κ1) is 19.7. The van der Waals surface area contributed by atoms with E-state index < -0.39 is 0 Å². The van der Waals surface area contributed by atoms with E-state index >= 15 is 0 Å². The molecule has 6 nitrogen and oxygen atoms in total. The van der Waals surface area contributed by atoms with Gasteiger partial charge in [-0.3, -0.25) is 9.69 Å². The fourth-order valence-electron chi connectivity index (χ4n) is 2.95. The van der Waals surface area contributed by atoms with E-state index in [-0.39, 0.29) is 12.5 Å². The standard InChI is InChI=1S/C17H35N5O/c1-4-10-19-16(23)14-21-17(18-6-3)20-11-13-22-12-8-7-9-15(22)5-2/h15H,4-14H2,1-3H3,(H,19,23)(H2,18,20,21). The summed E-state index contributed by atoms with van der Waals surface area (Å²) in [7, 11) is 0. The largest absolute Gasteiger partial charge is 0.357 e. The summed E-state index contributed by atoms with van der Waals surface area (Å²) in [4.78, 5) is 18.6. The van der Waals surface area contributed by atoms with Crippen molar-refractivity contribution < 1.29 is 4.79 Å². The van der Waals surface area contributed by atoms with Crippen LogP contribution in [0, 0.1) is 0 Å². The third-order valence-corrected chi connectivity index (χ3v) is 4.21. The van der Waals surface area contributed by atoms with E-state index in [2.05, 4.69) is 32.8 Å². The molecule has 1 aliphatic heterocycles. The highest BCUT2D eigenvalue weighted by molar-refractivity contribution is 5.84. The van der Waals surface area contributed by atoms with Gasteiger partial charge < -0.3 is 16.0 Å². The first-order chi connectivity index (χ1) is 11.2. The zero-order chi connectivity index (χ0) is 16.9. The molecule has 0 spiro atoms. The van der Waals surface area contributed by atoms with Crippen molar-refractivity contribution in [2.45, 2.75) is 58.9 Å². The van der Waals surface area contributed by atoms with Gasteiger partial charge in [-0.05, 0) is 39.2 Å². The van der Waals surface area contributed by atoms with Crippen molar-refractivity contribution in [3.05, 3.63) is 0 Å². The number of hydrogen-bond donors (Lipinski definition) is 3. The number of nitrogens with zero attached hydrogens (tertiary/aromatic N) is 2. The molecule has 1 aliphatic rings. The summed E-state index contributed by atoms with van der Waals surface area (Å²) in [5, 5.41) is 9.38. The Hall–Kier alpha value is -1.30. The summed E-state index contributed by atoms with van der Waals surface area (Å²) in [5.41, 5.74) is 0. The van der Waals surface area contributed by atoms with Crippen LogP contribution >= 0.6 is 0 Å². The molecule has 1 atom stereocenters. The number of piperidine rings is 1. The lowest BCUT2D eigenvalue weighted by Gasteiger charge is -2.35. The molecule has 0 radical (unpaired) electrons. The van der Waals surface area contributed by atoms with Gasteiger partial charge in [0.15, 0.2) is 5.96 Å². The van der Waals surface area contributed by atoms with E-state index in [1.165, 1.54) is 32.2 Å². The van der Waals surface area contributed by atoms with Crippen LogP contribution < -0.4 is 16.0 Å². The van der Waals surface area contributed by atoms with E-state index in [0.29, 0.717) is 6.54 Å². The van der Waals surface area contributed by atoms with Crippen LogP contribution in [0.4, 0.5) is 0 Å². The molecule has 1 fully saturated rings. The molecule has 1 rings (SSSR count). The highest BCUT2D eigenvalue weighted by atomic mass is 16.1. The van der Waals surface area contributed by atoms with Gasteiger partial charge in [-0.15, -0.1) is 0 Å². The van der Waals surface area contributed by atoms with Crippen molar-refractivity contribution in [3.63, 3.8) is 0 Å². The Balaban J connectivity index is 2.35. The second-order valence-corrected chi connectivity index (χ2v) is 6.07. The maximum atomic E-state index is 11.6. The van der Waals surface area contributed by atoms with Crippen LogP contribution in [0.1, 0.15) is 52.9 Å². The van der Waals surface area contributed by atoms with Gasteiger partial charge in [-0.2, -0.15) is 0 Å². The summed E-state index contributed by atoms with van der Waals surface area (Å²) in [6.07, 6.45) is 6.16. The van der Waals surface area contributed by atoms with E-state index in [1.54, 1.807) is 0 Å². The fourth-order valence-corrected chi connectivity index (χ4v) is 2.95. The van der Waals surface area contributed by atoms with Crippen molar-refractivity contribution in [3.8, 4) is 0 Å². The predicted molar refractivity (Wildman–Crippen MR) is 96.8 cm³/mol. The van der Waals surface area contributed by atoms with Gasteiger partial charge in [0.25, 0.3) is 0 Å². The molecule has 0 aliphatic carbocycles. The van der Waals surface area contributed by atoms with Crippen molar-refractivity contribution in [1.29, 1.82) is 0 Å². The molecule has 23 heavy (non-hydrogen) atoms. The number of aliphatic imine (C=N–C) groups is 1. The lowest BCUT2D eigenvalue weighted by atomic mass is 10.0. The van der Waals surface area contributed by atoms with Crippen molar-refractivity contribution in [2.75, 3.05) is 39.3 Å². The number of carbonyl (C=O) groups is 1. The summed E-state index contributed by atoms with van der Waals surface area (Å²) in [6.45, 7) is 11.1. The average Bonchev–Trinajstić information content (AvgIpc) is 2.58. The predicted octanol–water partition coefficient (Wildman–Crippen LogP) is 1.33. The second kappa shape index (κ2) is 12.2. The number of carbonyl (C=O) groups excluding carboxylic acids is 1.